The average molecular weight is 357 g/mol. The second kappa shape index (κ2) is 8.13. The second-order valence-corrected chi connectivity index (χ2v) is 6.81. The van der Waals surface area contributed by atoms with Gasteiger partial charge in [0.2, 0.25) is 5.75 Å². The smallest absolute Gasteiger partial charge is 0.255 e. The monoisotopic (exact) mass is 357 g/mol. The number of aryl methyl sites for hydroxylation is 1. The molecule has 0 aliphatic carbocycles. The molecule has 26 heavy (non-hydrogen) atoms. The van der Waals surface area contributed by atoms with Crippen LogP contribution in [0, 0.1) is 6.92 Å². The van der Waals surface area contributed by atoms with Crippen molar-refractivity contribution in [2.24, 2.45) is 0 Å². The molecule has 0 fully saturated rings. The molecule has 0 saturated carbocycles. The highest BCUT2D eigenvalue weighted by Crippen LogP contribution is 2.39. The Balaban J connectivity index is 2.21. The summed E-state index contributed by atoms with van der Waals surface area (Å²) in [5.41, 5.74) is 2.59. The molecule has 2 aromatic carbocycles. The minimum atomic E-state index is -0.219. The molecule has 0 radical (unpaired) electrons. The summed E-state index contributed by atoms with van der Waals surface area (Å²) in [5, 5.41) is 3.00. The lowest BCUT2D eigenvalue weighted by Gasteiger charge is -2.26. The molecular weight excluding hydrogens is 330 g/mol. The van der Waals surface area contributed by atoms with E-state index in [2.05, 4.69) is 50.4 Å². The first-order valence-corrected chi connectivity index (χ1v) is 8.48. The van der Waals surface area contributed by atoms with Gasteiger partial charge in [0.1, 0.15) is 0 Å². The third kappa shape index (κ3) is 4.10. The predicted molar refractivity (Wildman–Crippen MR) is 103 cm³/mol. The normalized spacial score (nSPS) is 11.0. The number of ether oxygens (including phenoxy) is 3. The molecule has 1 amide bonds. The fraction of sp³-hybridized carbons (Fsp3) is 0.381. The molecule has 0 aromatic heterocycles. The van der Waals surface area contributed by atoms with Gasteiger partial charge in [-0.05, 0) is 24.6 Å². The first kappa shape index (κ1) is 19.6. The Hall–Kier alpha value is -2.69. The van der Waals surface area contributed by atoms with Gasteiger partial charge in [-0.25, -0.2) is 0 Å². The predicted octanol–water partition coefficient (Wildman–Crippen LogP) is 3.73. The number of benzene rings is 2. The van der Waals surface area contributed by atoms with E-state index in [1.807, 2.05) is 0 Å². The van der Waals surface area contributed by atoms with Crippen molar-refractivity contribution in [1.82, 2.24) is 5.32 Å². The Morgan fingerprint density at radius 3 is 2.08 bits per heavy atom. The van der Waals surface area contributed by atoms with Crippen molar-refractivity contribution in [2.75, 3.05) is 27.9 Å². The van der Waals surface area contributed by atoms with Crippen LogP contribution in [0.3, 0.4) is 0 Å². The summed E-state index contributed by atoms with van der Waals surface area (Å²) in [6, 6.07) is 11.7. The van der Waals surface area contributed by atoms with Crippen molar-refractivity contribution in [3.8, 4) is 17.2 Å². The molecule has 5 nitrogen and oxygen atoms in total. The van der Waals surface area contributed by atoms with Crippen LogP contribution in [0.4, 0.5) is 0 Å². The second-order valence-electron chi connectivity index (χ2n) is 6.81. The molecule has 1 N–H and O–H groups in total. The number of rotatable bonds is 7. The summed E-state index contributed by atoms with van der Waals surface area (Å²) in [5.74, 6) is 1.06. The summed E-state index contributed by atoms with van der Waals surface area (Å²) in [7, 11) is 4.56. The highest BCUT2D eigenvalue weighted by molar-refractivity contribution is 5.98. The van der Waals surface area contributed by atoms with Crippen LogP contribution in [0.15, 0.2) is 36.4 Å². The van der Waals surface area contributed by atoms with Crippen LogP contribution < -0.4 is 19.5 Å². The van der Waals surface area contributed by atoms with Gasteiger partial charge in [0, 0.05) is 12.0 Å². The largest absolute Gasteiger partial charge is 0.493 e. The lowest BCUT2D eigenvalue weighted by Crippen LogP contribution is -2.36. The minimum Gasteiger partial charge on any atom is -0.493 e. The number of hydrogen-bond donors (Lipinski definition) is 1. The summed E-state index contributed by atoms with van der Waals surface area (Å²) in [4.78, 5) is 12.7. The van der Waals surface area contributed by atoms with E-state index in [1.165, 1.54) is 25.3 Å². The van der Waals surface area contributed by atoms with Crippen LogP contribution in [0.1, 0.15) is 35.3 Å². The van der Waals surface area contributed by atoms with Gasteiger partial charge in [0.25, 0.3) is 5.91 Å². The molecule has 0 heterocycles. The molecule has 5 heteroatoms. The molecule has 0 aliphatic rings. The van der Waals surface area contributed by atoms with Gasteiger partial charge in [0.05, 0.1) is 26.9 Å². The van der Waals surface area contributed by atoms with Gasteiger partial charge in [-0.1, -0.05) is 43.7 Å². The van der Waals surface area contributed by atoms with E-state index in [-0.39, 0.29) is 11.3 Å². The van der Waals surface area contributed by atoms with Crippen LogP contribution >= 0.6 is 0 Å². The quantitative estimate of drug-likeness (QED) is 0.820. The molecular formula is C21H27NO4. The van der Waals surface area contributed by atoms with Crippen LogP contribution in [-0.2, 0) is 5.41 Å². The average Bonchev–Trinajstić information content (AvgIpc) is 2.65. The standard InChI is InChI=1S/C21H27NO4/c1-14-7-9-15(10-8-14)21(2,3)13-22-20(23)16-11-12-17(24-4)19(26-6)18(16)25-5/h7-12H,13H2,1-6H3,(H,22,23). The van der Waals surface area contributed by atoms with Crippen molar-refractivity contribution < 1.29 is 19.0 Å². The number of carbonyl (C=O) groups excluding carboxylic acids is 1. The summed E-state index contributed by atoms with van der Waals surface area (Å²) in [6.45, 7) is 6.75. The molecule has 0 spiro atoms. The number of hydrogen-bond acceptors (Lipinski definition) is 4. The Morgan fingerprint density at radius 1 is 0.923 bits per heavy atom. The first-order chi connectivity index (χ1) is 12.3. The number of nitrogens with one attached hydrogen (secondary N) is 1. The molecule has 0 bridgehead atoms. The molecule has 140 valence electrons. The van der Waals surface area contributed by atoms with E-state index in [9.17, 15) is 4.79 Å². The fourth-order valence-corrected chi connectivity index (χ4v) is 2.78. The highest BCUT2D eigenvalue weighted by Gasteiger charge is 2.24. The van der Waals surface area contributed by atoms with Gasteiger partial charge in [-0.2, -0.15) is 0 Å². The Morgan fingerprint density at radius 2 is 1.54 bits per heavy atom. The SMILES string of the molecule is COc1ccc(C(=O)NCC(C)(C)c2ccc(C)cc2)c(OC)c1OC. The molecule has 0 saturated heterocycles. The van der Waals surface area contributed by atoms with Crippen molar-refractivity contribution in [3.63, 3.8) is 0 Å². The lowest BCUT2D eigenvalue weighted by molar-refractivity contribution is 0.0942. The Kier molecular flexibility index (Phi) is 6.14. The third-order valence-electron chi connectivity index (χ3n) is 4.47. The summed E-state index contributed by atoms with van der Waals surface area (Å²) in [6.07, 6.45) is 0. The minimum absolute atomic E-state index is 0.201. The van der Waals surface area contributed by atoms with E-state index in [4.69, 9.17) is 14.2 Å². The van der Waals surface area contributed by atoms with Crippen molar-refractivity contribution in [3.05, 3.63) is 53.1 Å². The number of amides is 1. The zero-order valence-electron chi connectivity index (χ0n) is 16.3. The summed E-state index contributed by atoms with van der Waals surface area (Å²) >= 11 is 0. The van der Waals surface area contributed by atoms with Crippen molar-refractivity contribution in [1.29, 1.82) is 0 Å². The maximum atomic E-state index is 12.7. The lowest BCUT2D eigenvalue weighted by atomic mass is 9.84. The van der Waals surface area contributed by atoms with Gasteiger partial charge in [-0.15, -0.1) is 0 Å². The zero-order chi connectivity index (χ0) is 19.3. The van der Waals surface area contributed by atoms with Gasteiger partial charge >= 0.3 is 0 Å². The number of methoxy groups -OCH3 is 3. The summed E-state index contributed by atoms with van der Waals surface area (Å²) < 4.78 is 16.0. The molecule has 0 unspecified atom stereocenters. The molecule has 0 atom stereocenters. The number of carbonyl (C=O) groups is 1. The Bertz CT molecular complexity index is 766. The van der Waals surface area contributed by atoms with E-state index >= 15 is 0 Å². The zero-order valence-corrected chi connectivity index (χ0v) is 16.3. The molecule has 2 aromatic rings. The fourth-order valence-electron chi connectivity index (χ4n) is 2.78. The Labute approximate surface area is 155 Å². The van der Waals surface area contributed by atoms with Crippen LogP contribution in [0.25, 0.3) is 0 Å². The van der Waals surface area contributed by atoms with Gasteiger partial charge < -0.3 is 19.5 Å². The molecule has 2 rings (SSSR count). The first-order valence-electron chi connectivity index (χ1n) is 8.48. The van der Waals surface area contributed by atoms with E-state index in [1.54, 1.807) is 19.2 Å². The maximum absolute atomic E-state index is 12.7. The van der Waals surface area contributed by atoms with Crippen LogP contribution in [-0.4, -0.2) is 33.8 Å². The van der Waals surface area contributed by atoms with E-state index in [0.717, 1.165) is 0 Å². The van der Waals surface area contributed by atoms with Crippen LogP contribution in [0.2, 0.25) is 0 Å². The van der Waals surface area contributed by atoms with Crippen molar-refractivity contribution >= 4 is 5.91 Å². The maximum Gasteiger partial charge on any atom is 0.255 e. The highest BCUT2D eigenvalue weighted by atomic mass is 16.5. The van der Waals surface area contributed by atoms with Gasteiger partial charge in [0.15, 0.2) is 11.5 Å². The van der Waals surface area contributed by atoms with E-state index in [0.29, 0.717) is 29.4 Å². The third-order valence-corrected chi connectivity index (χ3v) is 4.47. The van der Waals surface area contributed by atoms with Crippen molar-refractivity contribution in [2.45, 2.75) is 26.2 Å². The molecule has 0 aliphatic heterocycles. The van der Waals surface area contributed by atoms with E-state index < -0.39 is 0 Å². The topological polar surface area (TPSA) is 56.8 Å². The van der Waals surface area contributed by atoms with Crippen LogP contribution in [0.5, 0.6) is 17.2 Å². The van der Waals surface area contributed by atoms with Gasteiger partial charge in [-0.3, -0.25) is 4.79 Å².